The second kappa shape index (κ2) is 12.3. The average Bonchev–Trinajstić information content (AvgIpc) is 2.62. The number of aliphatic hydroxyl groups excluding tert-OH is 1. The molecule has 1 atom stereocenters. The lowest BCUT2D eigenvalue weighted by atomic mass is 9.94. The van der Waals surface area contributed by atoms with Gasteiger partial charge in [0.1, 0.15) is 0 Å². The Balaban J connectivity index is 2.98. The zero-order chi connectivity index (χ0) is 22.8. The van der Waals surface area contributed by atoms with Crippen molar-refractivity contribution in [1.82, 2.24) is 15.4 Å². The van der Waals surface area contributed by atoms with Crippen LogP contribution >= 0.6 is 0 Å². The molecule has 0 aliphatic carbocycles. The molecule has 1 aromatic carbocycles. The zero-order valence-electron chi connectivity index (χ0n) is 19.3. The monoisotopic (exact) mass is 440 g/mol. The lowest BCUT2D eigenvalue weighted by Gasteiger charge is -2.22. The molecule has 30 heavy (non-hydrogen) atoms. The minimum absolute atomic E-state index is 0.165. The summed E-state index contributed by atoms with van der Waals surface area (Å²) in [5, 5.41) is 15.9. The van der Waals surface area contributed by atoms with E-state index in [0.717, 1.165) is 12.8 Å². The summed E-state index contributed by atoms with van der Waals surface area (Å²) in [5.74, 6) is 1.54. The highest BCUT2D eigenvalue weighted by atomic mass is 32.2. The van der Waals surface area contributed by atoms with Crippen LogP contribution in [-0.4, -0.2) is 44.7 Å². The van der Waals surface area contributed by atoms with Crippen LogP contribution in [0, 0.1) is 11.8 Å². The van der Waals surface area contributed by atoms with Crippen LogP contribution in [0.15, 0.2) is 34.2 Å². The number of rotatable bonds is 11. The number of sulfonamides is 1. The highest BCUT2D eigenvalue weighted by Crippen LogP contribution is 2.19. The zero-order valence-corrected chi connectivity index (χ0v) is 20.1. The number of hydrogen-bond donors (Lipinski definition) is 4. The first-order valence-corrected chi connectivity index (χ1v) is 12.2. The molecule has 0 saturated carbocycles. The first-order chi connectivity index (χ1) is 14.0. The molecule has 0 heterocycles. The summed E-state index contributed by atoms with van der Waals surface area (Å²) in [6.45, 7) is 13.6. The molecular weight excluding hydrogens is 400 g/mol. The second-order valence-corrected chi connectivity index (χ2v) is 10.7. The van der Waals surface area contributed by atoms with Crippen molar-refractivity contribution in [2.45, 2.75) is 71.4 Å². The number of benzene rings is 1. The van der Waals surface area contributed by atoms with Crippen LogP contribution in [0.4, 0.5) is 0 Å². The minimum Gasteiger partial charge on any atom is -0.396 e. The van der Waals surface area contributed by atoms with Crippen molar-refractivity contribution in [3.63, 3.8) is 0 Å². The maximum absolute atomic E-state index is 12.8. The van der Waals surface area contributed by atoms with Crippen molar-refractivity contribution >= 4 is 16.0 Å². The lowest BCUT2D eigenvalue weighted by molar-refractivity contribution is 0.243. The smallest absolute Gasteiger partial charge is 0.241 e. The van der Waals surface area contributed by atoms with Crippen LogP contribution in [0.1, 0.15) is 59.9 Å². The van der Waals surface area contributed by atoms with Gasteiger partial charge in [0.05, 0.1) is 11.4 Å². The summed E-state index contributed by atoms with van der Waals surface area (Å²) in [4.78, 5) is 4.85. The third kappa shape index (κ3) is 9.91. The van der Waals surface area contributed by atoms with Gasteiger partial charge in [-0.2, -0.15) is 0 Å². The molecule has 0 fully saturated rings. The van der Waals surface area contributed by atoms with Gasteiger partial charge in [0.2, 0.25) is 10.0 Å². The van der Waals surface area contributed by atoms with Crippen molar-refractivity contribution in [2.75, 3.05) is 19.7 Å². The first kappa shape index (κ1) is 26.4. The summed E-state index contributed by atoms with van der Waals surface area (Å²) >= 11 is 0. The number of nitrogens with one attached hydrogen (secondary N) is 3. The maximum atomic E-state index is 12.8. The maximum Gasteiger partial charge on any atom is 0.241 e. The van der Waals surface area contributed by atoms with E-state index in [9.17, 15) is 13.5 Å². The van der Waals surface area contributed by atoms with E-state index >= 15 is 0 Å². The van der Waals surface area contributed by atoms with Gasteiger partial charge in [0.15, 0.2) is 5.96 Å². The van der Waals surface area contributed by atoms with E-state index in [1.54, 1.807) is 18.2 Å². The van der Waals surface area contributed by atoms with E-state index in [0.29, 0.717) is 36.4 Å². The molecule has 0 bridgehead atoms. The predicted molar refractivity (Wildman–Crippen MR) is 124 cm³/mol. The van der Waals surface area contributed by atoms with E-state index in [-0.39, 0.29) is 18.0 Å². The first-order valence-electron chi connectivity index (χ1n) is 10.7. The van der Waals surface area contributed by atoms with E-state index < -0.39 is 15.6 Å². The Morgan fingerprint density at radius 2 is 1.83 bits per heavy atom. The van der Waals surface area contributed by atoms with Gasteiger partial charge in [-0.05, 0) is 64.0 Å². The quantitative estimate of drug-likeness (QED) is 0.313. The van der Waals surface area contributed by atoms with Gasteiger partial charge in [-0.3, -0.25) is 0 Å². The number of aliphatic imine (C=N–C) groups is 1. The fraction of sp³-hybridized carbons (Fsp3) is 0.682. The Kier molecular flexibility index (Phi) is 10.8. The van der Waals surface area contributed by atoms with Crippen LogP contribution in [0.3, 0.4) is 0 Å². The topological polar surface area (TPSA) is 103 Å². The Labute approximate surface area is 182 Å². The lowest BCUT2D eigenvalue weighted by Crippen LogP contribution is -2.41. The molecular formula is C22H40N4O3S. The van der Waals surface area contributed by atoms with Gasteiger partial charge < -0.3 is 15.7 Å². The standard InChI is InChI=1S/C22H40N4O3S/c1-7-23-21(24-15-18(12-13-27)14-17(2)3)25-16-19-10-8-9-11-20(19)30(28,29)26-22(4,5)6/h8-11,17-18,26-27H,7,12-16H2,1-6H3,(H2,23,24,25). The van der Waals surface area contributed by atoms with Crippen LogP contribution in [0.25, 0.3) is 0 Å². The highest BCUT2D eigenvalue weighted by Gasteiger charge is 2.24. The molecule has 0 spiro atoms. The number of nitrogens with zero attached hydrogens (tertiary/aromatic N) is 1. The summed E-state index contributed by atoms with van der Waals surface area (Å²) in [6, 6.07) is 6.94. The van der Waals surface area contributed by atoms with Gasteiger partial charge in [0, 0.05) is 25.2 Å². The molecule has 0 amide bonds. The summed E-state index contributed by atoms with van der Waals surface area (Å²) in [7, 11) is -3.64. The van der Waals surface area contributed by atoms with E-state index in [2.05, 4.69) is 34.2 Å². The van der Waals surface area contributed by atoms with Gasteiger partial charge in [0.25, 0.3) is 0 Å². The molecule has 1 aromatic rings. The van der Waals surface area contributed by atoms with Crippen molar-refractivity contribution in [2.24, 2.45) is 16.8 Å². The third-order valence-corrected chi connectivity index (χ3v) is 6.21. The molecule has 4 N–H and O–H groups in total. The fourth-order valence-corrected chi connectivity index (χ4v) is 4.91. The SMILES string of the molecule is CCNC(=NCc1ccccc1S(=O)(=O)NC(C)(C)C)NCC(CCO)CC(C)C. The van der Waals surface area contributed by atoms with Crippen molar-refractivity contribution in [1.29, 1.82) is 0 Å². The molecule has 0 aromatic heterocycles. The van der Waals surface area contributed by atoms with Crippen molar-refractivity contribution in [3.8, 4) is 0 Å². The van der Waals surface area contributed by atoms with Gasteiger partial charge >= 0.3 is 0 Å². The van der Waals surface area contributed by atoms with Crippen molar-refractivity contribution in [3.05, 3.63) is 29.8 Å². The van der Waals surface area contributed by atoms with Crippen LogP contribution in [0.2, 0.25) is 0 Å². The molecule has 1 unspecified atom stereocenters. The van der Waals surface area contributed by atoms with Gasteiger partial charge in [-0.1, -0.05) is 32.0 Å². The third-order valence-electron chi connectivity index (χ3n) is 4.35. The summed E-state index contributed by atoms with van der Waals surface area (Å²) in [5.41, 5.74) is 0.0737. The molecule has 7 nitrogen and oxygen atoms in total. The molecule has 0 saturated heterocycles. The molecule has 0 aliphatic heterocycles. The normalized spacial score (nSPS) is 14.1. The number of hydrogen-bond acceptors (Lipinski definition) is 4. The number of guanidine groups is 1. The van der Waals surface area contributed by atoms with Crippen LogP contribution in [-0.2, 0) is 16.6 Å². The van der Waals surface area contributed by atoms with Gasteiger partial charge in [-0.15, -0.1) is 0 Å². The molecule has 1 rings (SSSR count). The largest absolute Gasteiger partial charge is 0.396 e. The van der Waals surface area contributed by atoms with Crippen LogP contribution < -0.4 is 15.4 Å². The second-order valence-electron chi connectivity index (χ2n) is 9.05. The number of aliphatic hydroxyl groups is 1. The Hall–Kier alpha value is -1.64. The Bertz CT molecular complexity index is 771. The van der Waals surface area contributed by atoms with E-state index in [4.69, 9.17) is 0 Å². The van der Waals surface area contributed by atoms with Gasteiger partial charge in [-0.25, -0.2) is 18.1 Å². The molecule has 0 aliphatic rings. The Morgan fingerprint density at radius 1 is 1.17 bits per heavy atom. The summed E-state index contributed by atoms with van der Waals surface area (Å²) < 4.78 is 28.3. The molecule has 172 valence electrons. The molecule has 8 heteroatoms. The minimum atomic E-state index is -3.64. The van der Waals surface area contributed by atoms with E-state index in [1.807, 2.05) is 33.8 Å². The Morgan fingerprint density at radius 3 is 2.40 bits per heavy atom. The molecule has 0 radical (unpaired) electrons. The average molecular weight is 441 g/mol. The van der Waals surface area contributed by atoms with Crippen LogP contribution in [0.5, 0.6) is 0 Å². The fourth-order valence-electron chi connectivity index (χ4n) is 3.25. The van der Waals surface area contributed by atoms with E-state index in [1.165, 1.54) is 0 Å². The highest BCUT2D eigenvalue weighted by molar-refractivity contribution is 7.89. The predicted octanol–water partition coefficient (Wildman–Crippen LogP) is 2.86. The van der Waals surface area contributed by atoms with Crippen molar-refractivity contribution < 1.29 is 13.5 Å². The summed E-state index contributed by atoms with van der Waals surface area (Å²) in [6.07, 6.45) is 1.76.